The lowest BCUT2D eigenvalue weighted by Gasteiger charge is -2.19. The Balaban J connectivity index is 2.58. The van der Waals surface area contributed by atoms with Gasteiger partial charge in [0.2, 0.25) is 0 Å². The molecule has 0 radical (unpaired) electrons. The minimum atomic E-state index is -0.748. The molecule has 0 aliphatic rings. The van der Waals surface area contributed by atoms with E-state index in [1.807, 2.05) is 18.9 Å². The lowest BCUT2D eigenvalue weighted by molar-refractivity contribution is -0.141. The van der Waals surface area contributed by atoms with E-state index >= 15 is 0 Å². The van der Waals surface area contributed by atoms with Gasteiger partial charge in [-0.2, -0.15) is 0 Å². The number of carboxylic acid groups (broad SMARTS) is 1. The summed E-state index contributed by atoms with van der Waals surface area (Å²) in [5.41, 5.74) is 2.39. The molecule has 3 nitrogen and oxygen atoms in total. The molecule has 0 spiro atoms. The third-order valence-corrected chi connectivity index (χ3v) is 3.55. The van der Waals surface area contributed by atoms with Crippen LogP contribution in [0, 0.1) is 12.8 Å². The predicted molar refractivity (Wildman–Crippen MR) is 72.0 cm³/mol. The molecule has 0 amide bonds. The zero-order valence-electron chi connectivity index (χ0n) is 10.4. The van der Waals surface area contributed by atoms with Crippen molar-refractivity contribution in [3.63, 3.8) is 0 Å². The zero-order chi connectivity index (χ0) is 13.0. The highest BCUT2D eigenvalue weighted by Crippen LogP contribution is 2.18. The van der Waals surface area contributed by atoms with Gasteiger partial charge in [-0.1, -0.05) is 35.0 Å². The number of carbonyl (C=O) groups is 1. The fourth-order valence-corrected chi connectivity index (χ4v) is 2.08. The fraction of sp³-hybridized carbons (Fsp3) is 0.462. The molecule has 1 unspecified atom stereocenters. The van der Waals surface area contributed by atoms with Gasteiger partial charge < -0.3 is 10.0 Å². The third kappa shape index (κ3) is 4.48. The van der Waals surface area contributed by atoms with Gasteiger partial charge in [0.05, 0.1) is 5.92 Å². The Morgan fingerprint density at radius 3 is 2.71 bits per heavy atom. The maximum Gasteiger partial charge on any atom is 0.307 e. The first kappa shape index (κ1) is 14.2. The number of nitrogens with zero attached hydrogens (tertiary/aromatic N) is 1. The third-order valence-electron chi connectivity index (χ3n) is 2.70. The number of hydrogen-bond acceptors (Lipinski definition) is 2. The van der Waals surface area contributed by atoms with Gasteiger partial charge in [-0.3, -0.25) is 4.79 Å². The molecule has 94 valence electrons. The topological polar surface area (TPSA) is 40.5 Å². The van der Waals surface area contributed by atoms with E-state index in [9.17, 15) is 4.79 Å². The fourth-order valence-electron chi connectivity index (χ4n) is 1.66. The van der Waals surface area contributed by atoms with Gasteiger partial charge in [-0.05, 0) is 31.2 Å². The molecule has 1 rings (SSSR count). The van der Waals surface area contributed by atoms with Gasteiger partial charge in [0, 0.05) is 17.6 Å². The number of carboxylic acids is 1. The Morgan fingerprint density at radius 2 is 2.18 bits per heavy atom. The molecule has 0 heterocycles. The second-order valence-corrected chi connectivity index (χ2v) is 5.37. The van der Waals surface area contributed by atoms with Crippen molar-refractivity contribution in [3.8, 4) is 0 Å². The van der Waals surface area contributed by atoms with Crippen molar-refractivity contribution in [1.29, 1.82) is 0 Å². The second kappa shape index (κ2) is 6.17. The first-order valence-electron chi connectivity index (χ1n) is 5.56. The number of rotatable bonds is 5. The maximum atomic E-state index is 10.8. The van der Waals surface area contributed by atoms with Gasteiger partial charge in [-0.25, -0.2) is 0 Å². The van der Waals surface area contributed by atoms with Crippen molar-refractivity contribution in [2.45, 2.75) is 20.4 Å². The molecule has 0 aliphatic carbocycles. The first-order valence-corrected chi connectivity index (χ1v) is 6.36. The lowest BCUT2D eigenvalue weighted by Crippen LogP contribution is -2.28. The van der Waals surface area contributed by atoms with Gasteiger partial charge in [-0.15, -0.1) is 0 Å². The Labute approximate surface area is 111 Å². The SMILES string of the molecule is Cc1ccc(CN(C)CC(C)C(=O)O)cc1Br. The van der Waals surface area contributed by atoms with Crippen LogP contribution in [0.4, 0.5) is 0 Å². The van der Waals surface area contributed by atoms with Crippen LogP contribution in [0.15, 0.2) is 22.7 Å². The number of aryl methyl sites for hydroxylation is 1. The van der Waals surface area contributed by atoms with Crippen molar-refractivity contribution in [3.05, 3.63) is 33.8 Å². The summed E-state index contributed by atoms with van der Waals surface area (Å²) in [7, 11) is 1.94. The summed E-state index contributed by atoms with van der Waals surface area (Å²) < 4.78 is 1.09. The highest BCUT2D eigenvalue weighted by Gasteiger charge is 2.13. The molecule has 0 fully saturated rings. The summed E-state index contributed by atoms with van der Waals surface area (Å²) in [6.07, 6.45) is 0. The van der Waals surface area contributed by atoms with E-state index in [0.717, 1.165) is 11.0 Å². The molecule has 4 heteroatoms. The molecule has 1 atom stereocenters. The Morgan fingerprint density at radius 1 is 1.53 bits per heavy atom. The van der Waals surface area contributed by atoms with Gasteiger partial charge in [0.25, 0.3) is 0 Å². The van der Waals surface area contributed by atoms with Crippen LogP contribution in [0.5, 0.6) is 0 Å². The molecule has 0 aromatic heterocycles. The van der Waals surface area contributed by atoms with Crippen LogP contribution >= 0.6 is 15.9 Å². The molecule has 1 aromatic rings. The van der Waals surface area contributed by atoms with E-state index in [-0.39, 0.29) is 5.92 Å². The molecular weight excluding hydrogens is 282 g/mol. The number of benzene rings is 1. The zero-order valence-corrected chi connectivity index (χ0v) is 12.0. The number of halogens is 1. The molecule has 1 aromatic carbocycles. The quantitative estimate of drug-likeness (QED) is 0.909. The van der Waals surface area contributed by atoms with E-state index < -0.39 is 5.97 Å². The van der Waals surface area contributed by atoms with Gasteiger partial charge in [0.15, 0.2) is 0 Å². The van der Waals surface area contributed by atoms with Crippen molar-refractivity contribution in [1.82, 2.24) is 4.90 Å². The van der Waals surface area contributed by atoms with E-state index in [1.165, 1.54) is 11.1 Å². The van der Waals surface area contributed by atoms with E-state index in [0.29, 0.717) is 6.54 Å². The average molecular weight is 300 g/mol. The van der Waals surface area contributed by atoms with E-state index in [4.69, 9.17) is 5.11 Å². The van der Waals surface area contributed by atoms with Crippen LogP contribution in [0.3, 0.4) is 0 Å². The van der Waals surface area contributed by atoms with Crippen LogP contribution in [-0.4, -0.2) is 29.6 Å². The monoisotopic (exact) mass is 299 g/mol. The molecule has 1 N–H and O–H groups in total. The summed E-state index contributed by atoms with van der Waals surface area (Å²) in [4.78, 5) is 12.8. The van der Waals surface area contributed by atoms with Crippen molar-refractivity contribution in [2.75, 3.05) is 13.6 Å². The van der Waals surface area contributed by atoms with Crippen LogP contribution in [-0.2, 0) is 11.3 Å². The summed E-state index contributed by atoms with van der Waals surface area (Å²) in [5, 5.41) is 8.84. The summed E-state index contributed by atoms with van der Waals surface area (Å²) >= 11 is 3.50. The van der Waals surface area contributed by atoms with Crippen LogP contribution in [0.1, 0.15) is 18.1 Å². The second-order valence-electron chi connectivity index (χ2n) is 4.52. The molecule has 17 heavy (non-hydrogen) atoms. The maximum absolute atomic E-state index is 10.8. The highest BCUT2D eigenvalue weighted by atomic mass is 79.9. The molecule has 0 saturated carbocycles. The smallest absolute Gasteiger partial charge is 0.307 e. The number of aliphatic carboxylic acids is 1. The summed E-state index contributed by atoms with van der Waals surface area (Å²) in [6, 6.07) is 6.22. The van der Waals surface area contributed by atoms with Crippen LogP contribution < -0.4 is 0 Å². The summed E-state index contributed by atoms with van der Waals surface area (Å²) in [6.45, 7) is 5.09. The molecule has 0 aliphatic heterocycles. The standard InChI is InChI=1S/C13H18BrNO2/c1-9-4-5-11(6-12(9)14)8-15(3)7-10(2)13(16)17/h4-6,10H,7-8H2,1-3H3,(H,16,17). The summed E-state index contributed by atoms with van der Waals surface area (Å²) in [5.74, 6) is -1.09. The van der Waals surface area contributed by atoms with Crippen LogP contribution in [0.2, 0.25) is 0 Å². The first-order chi connectivity index (χ1) is 7.90. The average Bonchev–Trinajstić information content (AvgIpc) is 2.23. The highest BCUT2D eigenvalue weighted by molar-refractivity contribution is 9.10. The van der Waals surface area contributed by atoms with Crippen molar-refractivity contribution < 1.29 is 9.90 Å². The predicted octanol–water partition coefficient (Wildman–Crippen LogP) is 2.91. The molecule has 0 saturated heterocycles. The largest absolute Gasteiger partial charge is 0.481 e. The van der Waals surface area contributed by atoms with Crippen molar-refractivity contribution >= 4 is 21.9 Å². The Kier molecular flexibility index (Phi) is 5.15. The van der Waals surface area contributed by atoms with Gasteiger partial charge >= 0.3 is 5.97 Å². The Bertz CT molecular complexity index is 406. The van der Waals surface area contributed by atoms with Gasteiger partial charge in [0.1, 0.15) is 0 Å². The van der Waals surface area contributed by atoms with E-state index in [1.54, 1.807) is 6.92 Å². The van der Waals surface area contributed by atoms with E-state index in [2.05, 4.69) is 34.1 Å². The minimum absolute atomic E-state index is 0.339. The Hall–Kier alpha value is -0.870. The molecule has 0 bridgehead atoms. The van der Waals surface area contributed by atoms with Crippen molar-refractivity contribution in [2.24, 2.45) is 5.92 Å². The number of hydrogen-bond donors (Lipinski definition) is 1. The normalized spacial score (nSPS) is 12.8. The molecular formula is C13H18BrNO2. The minimum Gasteiger partial charge on any atom is -0.481 e. The lowest BCUT2D eigenvalue weighted by atomic mass is 10.1. The van der Waals surface area contributed by atoms with Crippen LogP contribution in [0.25, 0.3) is 0 Å².